The Hall–Kier alpha value is -2.37. The molecule has 2 heterocycles. The van der Waals surface area contributed by atoms with Gasteiger partial charge in [0, 0.05) is 47.2 Å². The topological polar surface area (TPSA) is 60.9 Å². The van der Waals surface area contributed by atoms with Crippen molar-refractivity contribution in [1.82, 2.24) is 14.7 Å². The molecule has 2 atom stereocenters. The van der Waals surface area contributed by atoms with Crippen LogP contribution in [0.4, 0.5) is 0 Å². The third-order valence-corrected chi connectivity index (χ3v) is 7.94. The van der Waals surface area contributed by atoms with E-state index < -0.39 is 5.41 Å². The van der Waals surface area contributed by atoms with E-state index >= 15 is 0 Å². The van der Waals surface area contributed by atoms with Gasteiger partial charge in [-0.05, 0) is 42.6 Å². The van der Waals surface area contributed by atoms with Crippen LogP contribution in [0.3, 0.4) is 0 Å². The molecular weight excluding hydrogens is 378 g/mol. The predicted octanol–water partition coefficient (Wildman–Crippen LogP) is 2.18. The molecule has 1 saturated carbocycles. The Kier molecular flexibility index (Phi) is 5.37. The summed E-state index contributed by atoms with van der Waals surface area (Å²) in [6.07, 6.45) is 4.15. The summed E-state index contributed by atoms with van der Waals surface area (Å²) in [6.45, 7) is 4.31. The van der Waals surface area contributed by atoms with Crippen LogP contribution in [0.25, 0.3) is 0 Å². The van der Waals surface area contributed by atoms with Gasteiger partial charge in [-0.3, -0.25) is 14.4 Å². The summed E-state index contributed by atoms with van der Waals surface area (Å²) in [6, 6.07) is 9.89. The molecule has 1 aromatic carbocycles. The van der Waals surface area contributed by atoms with Gasteiger partial charge in [0.1, 0.15) is 0 Å². The van der Waals surface area contributed by atoms with E-state index in [4.69, 9.17) is 0 Å². The lowest BCUT2D eigenvalue weighted by atomic mass is 9.65. The SMILES string of the molecule is CC(=O)N1C[C@@H]2C3(CCN(C(=O)Cc4ccccc4)CC3)CC[C@]2(C(=O)N(C)C)C1. The molecule has 0 unspecified atom stereocenters. The first-order valence-electron chi connectivity index (χ1n) is 11.1. The normalized spacial score (nSPS) is 27.2. The maximum absolute atomic E-state index is 13.2. The van der Waals surface area contributed by atoms with Gasteiger partial charge in [0.25, 0.3) is 0 Å². The summed E-state index contributed by atoms with van der Waals surface area (Å²) in [4.78, 5) is 43.8. The number of benzene rings is 1. The van der Waals surface area contributed by atoms with Crippen LogP contribution >= 0.6 is 0 Å². The molecule has 1 aromatic rings. The highest BCUT2D eigenvalue weighted by atomic mass is 16.2. The van der Waals surface area contributed by atoms with Gasteiger partial charge in [-0.15, -0.1) is 0 Å². The van der Waals surface area contributed by atoms with Gasteiger partial charge < -0.3 is 14.7 Å². The minimum Gasteiger partial charge on any atom is -0.348 e. The van der Waals surface area contributed by atoms with Crippen molar-refractivity contribution >= 4 is 17.7 Å². The van der Waals surface area contributed by atoms with Crippen LogP contribution in [0, 0.1) is 16.7 Å². The number of carbonyl (C=O) groups is 3. The van der Waals surface area contributed by atoms with E-state index in [9.17, 15) is 14.4 Å². The van der Waals surface area contributed by atoms with E-state index in [-0.39, 0.29) is 29.1 Å². The van der Waals surface area contributed by atoms with Crippen molar-refractivity contribution in [2.24, 2.45) is 16.7 Å². The van der Waals surface area contributed by atoms with Gasteiger partial charge in [0.2, 0.25) is 17.7 Å². The van der Waals surface area contributed by atoms with Crippen LogP contribution in [0.2, 0.25) is 0 Å². The first-order chi connectivity index (χ1) is 14.3. The molecule has 2 aliphatic heterocycles. The smallest absolute Gasteiger partial charge is 0.230 e. The minimum absolute atomic E-state index is 0.0550. The zero-order valence-corrected chi connectivity index (χ0v) is 18.4. The van der Waals surface area contributed by atoms with Crippen molar-refractivity contribution in [1.29, 1.82) is 0 Å². The van der Waals surface area contributed by atoms with Crippen molar-refractivity contribution in [3.05, 3.63) is 35.9 Å². The summed E-state index contributed by atoms with van der Waals surface area (Å²) in [5.74, 6) is 0.591. The first-order valence-corrected chi connectivity index (χ1v) is 11.1. The van der Waals surface area contributed by atoms with Crippen LogP contribution in [-0.4, -0.2) is 72.7 Å². The van der Waals surface area contributed by atoms with Crippen molar-refractivity contribution in [2.75, 3.05) is 40.3 Å². The fourth-order valence-corrected chi connectivity index (χ4v) is 6.28. The highest BCUT2D eigenvalue weighted by molar-refractivity contribution is 5.86. The lowest BCUT2D eigenvalue weighted by Crippen LogP contribution is -2.49. The molecule has 6 nitrogen and oxygen atoms in total. The monoisotopic (exact) mass is 411 g/mol. The molecule has 0 N–H and O–H groups in total. The number of nitrogens with zero attached hydrogens (tertiary/aromatic N) is 3. The molecule has 0 bridgehead atoms. The largest absolute Gasteiger partial charge is 0.348 e. The van der Waals surface area contributed by atoms with Crippen LogP contribution in [0.15, 0.2) is 30.3 Å². The number of piperidine rings is 1. The van der Waals surface area contributed by atoms with E-state index in [0.29, 0.717) is 19.5 Å². The zero-order valence-electron chi connectivity index (χ0n) is 18.4. The van der Waals surface area contributed by atoms with E-state index in [1.807, 2.05) is 54.2 Å². The second kappa shape index (κ2) is 7.71. The van der Waals surface area contributed by atoms with E-state index in [2.05, 4.69) is 0 Å². The Morgan fingerprint density at radius 3 is 2.27 bits per heavy atom. The highest BCUT2D eigenvalue weighted by Crippen LogP contribution is 2.62. The quantitative estimate of drug-likeness (QED) is 0.766. The van der Waals surface area contributed by atoms with Gasteiger partial charge in [0.15, 0.2) is 0 Å². The standard InChI is InChI=1S/C24H33N3O3/c1-18(28)27-16-20-23(9-10-24(20,17-27)22(30)25(2)3)11-13-26(14-12-23)21(29)15-19-7-5-4-6-8-19/h4-8,20H,9-17H2,1-3H3/t20-,24+/m1/s1. The average molecular weight is 412 g/mol. The molecule has 3 amide bonds. The average Bonchev–Trinajstić information content (AvgIpc) is 3.26. The summed E-state index contributed by atoms with van der Waals surface area (Å²) >= 11 is 0. The van der Waals surface area contributed by atoms with Gasteiger partial charge in [-0.2, -0.15) is 0 Å². The molecule has 162 valence electrons. The summed E-state index contributed by atoms with van der Waals surface area (Å²) in [5, 5.41) is 0. The lowest BCUT2D eigenvalue weighted by molar-refractivity contribution is -0.142. The number of hydrogen-bond acceptors (Lipinski definition) is 3. The first kappa shape index (κ1) is 20.9. The molecule has 30 heavy (non-hydrogen) atoms. The minimum atomic E-state index is -0.453. The van der Waals surface area contributed by atoms with Crippen LogP contribution in [0.1, 0.15) is 38.2 Å². The molecule has 3 aliphatic rings. The fraction of sp³-hybridized carbons (Fsp3) is 0.625. The number of fused-ring (bicyclic) bond motifs is 2. The molecule has 1 spiro atoms. The van der Waals surface area contributed by atoms with E-state index in [1.54, 1.807) is 11.8 Å². The highest BCUT2D eigenvalue weighted by Gasteiger charge is 2.65. The van der Waals surface area contributed by atoms with Crippen molar-refractivity contribution in [3.63, 3.8) is 0 Å². The molecule has 0 aromatic heterocycles. The molecular formula is C24H33N3O3. The predicted molar refractivity (Wildman–Crippen MR) is 114 cm³/mol. The number of amides is 3. The van der Waals surface area contributed by atoms with Gasteiger partial charge >= 0.3 is 0 Å². The van der Waals surface area contributed by atoms with Crippen molar-refractivity contribution in [3.8, 4) is 0 Å². The van der Waals surface area contributed by atoms with Gasteiger partial charge in [-0.25, -0.2) is 0 Å². The van der Waals surface area contributed by atoms with Crippen LogP contribution < -0.4 is 0 Å². The van der Waals surface area contributed by atoms with E-state index in [1.165, 1.54) is 0 Å². The maximum Gasteiger partial charge on any atom is 0.230 e. The summed E-state index contributed by atoms with van der Waals surface area (Å²) in [7, 11) is 3.64. The fourth-order valence-electron chi connectivity index (χ4n) is 6.28. The molecule has 2 saturated heterocycles. The Morgan fingerprint density at radius 2 is 1.67 bits per heavy atom. The van der Waals surface area contributed by atoms with Gasteiger partial charge in [-0.1, -0.05) is 30.3 Å². The second-order valence-electron chi connectivity index (χ2n) is 9.71. The molecule has 4 rings (SSSR count). The molecule has 1 aliphatic carbocycles. The lowest BCUT2D eigenvalue weighted by Gasteiger charge is -2.44. The third-order valence-electron chi connectivity index (χ3n) is 7.94. The number of carbonyl (C=O) groups excluding carboxylic acids is 3. The molecule has 3 fully saturated rings. The zero-order chi connectivity index (χ0) is 21.5. The number of rotatable bonds is 3. The third kappa shape index (κ3) is 3.40. The number of hydrogen-bond donors (Lipinski definition) is 0. The van der Waals surface area contributed by atoms with Gasteiger partial charge in [0.05, 0.1) is 11.8 Å². The Morgan fingerprint density at radius 1 is 1.00 bits per heavy atom. The van der Waals surface area contributed by atoms with Crippen molar-refractivity contribution in [2.45, 2.75) is 39.0 Å². The Balaban J connectivity index is 1.48. The number of likely N-dealkylation sites (tertiary alicyclic amines) is 2. The van der Waals surface area contributed by atoms with E-state index in [0.717, 1.165) is 44.3 Å². The molecule has 0 radical (unpaired) electrons. The summed E-state index contributed by atoms with van der Waals surface area (Å²) in [5.41, 5.74) is 0.650. The van der Waals surface area contributed by atoms with Crippen molar-refractivity contribution < 1.29 is 14.4 Å². The molecule has 6 heteroatoms. The Bertz CT molecular complexity index is 829. The summed E-state index contributed by atoms with van der Waals surface area (Å²) < 4.78 is 0. The van der Waals surface area contributed by atoms with Crippen LogP contribution in [-0.2, 0) is 20.8 Å². The second-order valence-corrected chi connectivity index (χ2v) is 9.71. The maximum atomic E-state index is 13.2. The Labute approximate surface area is 179 Å². The van der Waals surface area contributed by atoms with Crippen LogP contribution in [0.5, 0.6) is 0 Å².